The molecule has 1 spiro atoms. The van der Waals surface area contributed by atoms with E-state index in [1.807, 2.05) is 6.07 Å². The van der Waals surface area contributed by atoms with E-state index in [1.54, 1.807) is 0 Å². The summed E-state index contributed by atoms with van der Waals surface area (Å²) in [5, 5.41) is 5.08. The quantitative estimate of drug-likeness (QED) is 0.177. The largest absolute Gasteiger partial charge is 0.228 e. The molecule has 0 N–H and O–H groups in total. The maximum atomic E-state index is 5.19. The van der Waals surface area contributed by atoms with E-state index in [-0.39, 0.29) is 5.41 Å². The third-order valence-corrected chi connectivity index (χ3v) is 12.5. The Morgan fingerprint density at radius 3 is 1.68 bits per heavy atom. The number of nitrogens with zero attached hydrogens (tertiary/aromatic N) is 2. The summed E-state index contributed by atoms with van der Waals surface area (Å²) >= 11 is 0. The Hall–Kier alpha value is -6.64. The highest BCUT2D eigenvalue weighted by molar-refractivity contribution is 6.00. The number of aromatic nitrogens is 2. The molecule has 1 heterocycles. The Labute approximate surface area is 328 Å². The fourth-order valence-corrected chi connectivity index (χ4v) is 9.66. The van der Waals surface area contributed by atoms with Gasteiger partial charge in [0.1, 0.15) is 0 Å². The second-order valence-electron chi connectivity index (χ2n) is 15.7. The van der Waals surface area contributed by atoms with Crippen molar-refractivity contribution in [2.45, 2.75) is 37.5 Å². The van der Waals surface area contributed by atoms with E-state index >= 15 is 0 Å². The third-order valence-electron chi connectivity index (χ3n) is 12.5. The van der Waals surface area contributed by atoms with E-state index in [2.05, 4.69) is 176 Å². The molecule has 1 fully saturated rings. The molecule has 0 aliphatic heterocycles. The summed E-state index contributed by atoms with van der Waals surface area (Å²) in [5.74, 6) is 0.724. The lowest BCUT2D eigenvalue weighted by Crippen LogP contribution is -2.28. The average molecular weight is 717 g/mol. The van der Waals surface area contributed by atoms with Crippen LogP contribution in [-0.2, 0) is 5.41 Å². The van der Waals surface area contributed by atoms with Crippen molar-refractivity contribution in [3.63, 3.8) is 0 Å². The van der Waals surface area contributed by atoms with Crippen LogP contribution in [-0.4, -0.2) is 9.97 Å². The summed E-state index contributed by atoms with van der Waals surface area (Å²) in [7, 11) is 0. The van der Waals surface area contributed by atoms with Crippen LogP contribution in [0.15, 0.2) is 182 Å². The van der Waals surface area contributed by atoms with Crippen LogP contribution in [0.5, 0.6) is 0 Å². The van der Waals surface area contributed by atoms with Crippen molar-refractivity contribution in [2.75, 3.05) is 0 Å². The van der Waals surface area contributed by atoms with Crippen LogP contribution in [0.4, 0.5) is 0 Å². The summed E-state index contributed by atoms with van der Waals surface area (Å²) in [6.07, 6.45) is 6.33. The normalized spacial score (nSPS) is 14.2. The highest BCUT2D eigenvalue weighted by Gasteiger charge is 2.44. The van der Waals surface area contributed by atoms with Crippen molar-refractivity contribution in [1.29, 1.82) is 0 Å². The number of fused-ring (bicyclic) bond motifs is 7. The van der Waals surface area contributed by atoms with Crippen LogP contribution in [0.1, 0.15) is 43.2 Å². The fraction of sp³-hybridized carbons (Fsp3) is 0.111. The molecule has 1 aromatic heterocycles. The van der Waals surface area contributed by atoms with Crippen molar-refractivity contribution in [3.8, 4) is 67.3 Å². The van der Waals surface area contributed by atoms with Gasteiger partial charge in [-0.1, -0.05) is 171 Å². The van der Waals surface area contributed by atoms with Gasteiger partial charge in [0.05, 0.1) is 11.4 Å². The van der Waals surface area contributed by atoms with Gasteiger partial charge in [-0.2, -0.15) is 0 Å². The van der Waals surface area contributed by atoms with Crippen molar-refractivity contribution < 1.29 is 0 Å². The van der Waals surface area contributed by atoms with Gasteiger partial charge in [-0.15, -0.1) is 0 Å². The van der Waals surface area contributed by atoms with Crippen LogP contribution in [0.3, 0.4) is 0 Å². The molecule has 2 heteroatoms. The predicted molar refractivity (Wildman–Crippen MR) is 234 cm³/mol. The average Bonchev–Trinajstić information content (AvgIpc) is 3.53. The molecule has 0 bridgehead atoms. The van der Waals surface area contributed by atoms with Gasteiger partial charge in [0.25, 0.3) is 0 Å². The smallest absolute Gasteiger partial charge is 0.160 e. The summed E-state index contributed by atoms with van der Waals surface area (Å²) < 4.78 is 0. The molecule has 9 aromatic rings. The van der Waals surface area contributed by atoms with Crippen LogP contribution >= 0.6 is 0 Å². The minimum absolute atomic E-state index is 0.0933. The molecule has 2 aliphatic rings. The van der Waals surface area contributed by atoms with E-state index < -0.39 is 0 Å². The highest BCUT2D eigenvalue weighted by atomic mass is 14.9. The summed E-state index contributed by atoms with van der Waals surface area (Å²) in [6, 6.07) is 66.4. The lowest BCUT2D eigenvalue weighted by Gasteiger charge is -2.36. The van der Waals surface area contributed by atoms with Crippen molar-refractivity contribution >= 4 is 21.5 Å². The van der Waals surface area contributed by atoms with Gasteiger partial charge in [0.15, 0.2) is 5.82 Å². The topological polar surface area (TPSA) is 25.8 Å². The lowest BCUT2D eigenvalue weighted by atomic mass is 9.67. The maximum absolute atomic E-state index is 5.19. The van der Waals surface area contributed by atoms with Gasteiger partial charge in [-0.25, -0.2) is 9.97 Å². The number of benzene rings is 8. The van der Waals surface area contributed by atoms with Crippen molar-refractivity contribution in [3.05, 3.63) is 193 Å². The van der Waals surface area contributed by atoms with Crippen molar-refractivity contribution in [1.82, 2.24) is 9.97 Å². The van der Waals surface area contributed by atoms with Gasteiger partial charge in [-0.05, 0) is 109 Å². The van der Waals surface area contributed by atoms with Gasteiger partial charge >= 0.3 is 0 Å². The minimum atomic E-state index is 0.0933. The fourth-order valence-electron chi connectivity index (χ4n) is 9.66. The molecule has 56 heavy (non-hydrogen) atoms. The number of rotatable bonds is 5. The Balaban J connectivity index is 1.03. The van der Waals surface area contributed by atoms with Crippen LogP contribution in [0, 0.1) is 0 Å². The molecule has 0 amide bonds. The molecule has 0 radical (unpaired) electrons. The van der Waals surface area contributed by atoms with Gasteiger partial charge in [0, 0.05) is 22.1 Å². The first-order valence-electron chi connectivity index (χ1n) is 20.0. The lowest BCUT2D eigenvalue weighted by molar-refractivity contribution is 0.353. The van der Waals surface area contributed by atoms with Gasteiger partial charge in [-0.3, -0.25) is 0 Å². The Kier molecular flexibility index (Phi) is 7.77. The molecular formula is C54H40N2. The van der Waals surface area contributed by atoms with E-state index in [9.17, 15) is 0 Å². The SMILES string of the molecule is c1ccc(-c2ccc(-c3cc(-c4ccc5ccc(-c6cccc7c6-c6cc8ccccc8cc6C76CCCCC6)cc5c4)nc(-c4ccccc4)n3)cc2)cc1. The second kappa shape index (κ2) is 13.3. The van der Waals surface area contributed by atoms with E-state index in [1.165, 1.54) is 98.2 Å². The third kappa shape index (κ3) is 5.47. The number of hydrogen-bond donors (Lipinski definition) is 0. The Bertz CT molecular complexity index is 2920. The van der Waals surface area contributed by atoms with Gasteiger partial charge in [0.2, 0.25) is 0 Å². The molecule has 0 saturated heterocycles. The molecule has 2 aliphatic carbocycles. The standard InChI is InChI=1S/C54H40N2/c1-4-13-36(14-5-1)37-21-25-39(26-22-37)50-35-51(56-53(55-50)40-15-6-2-7-16-40)44-28-24-38-23-27-43(31-45(38)32-44)46-19-12-20-48-52(46)47-33-41-17-8-9-18-42(41)34-49(47)54(48)29-10-3-11-30-54/h1-2,4-9,12-28,31-35H,3,10-11,29-30H2. The first-order valence-corrected chi connectivity index (χ1v) is 20.0. The molecule has 2 nitrogen and oxygen atoms in total. The summed E-state index contributed by atoms with van der Waals surface area (Å²) in [4.78, 5) is 10.3. The summed E-state index contributed by atoms with van der Waals surface area (Å²) in [6.45, 7) is 0. The van der Waals surface area contributed by atoms with E-state index in [4.69, 9.17) is 9.97 Å². The zero-order valence-corrected chi connectivity index (χ0v) is 31.3. The first-order chi connectivity index (χ1) is 27.7. The Morgan fingerprint density at radius 1 is 0.339 bits per heavy atom. The predicted octanol–water partition coefficient (Wildman–Crippen LogP) is 14.3. The first kappa shape index (κ1) is 32.8. The van der Waals surface area contributed by atoms with Gasteiger partial charge < -0.3 is 0 Å². The molecular weight excluding hydrogens is 677 g/mol. The van der Waals surface area contributed by atoms with Crippen LogP contribution in [0.25, 0.3) is 88.8 Å². The van der Waals surface area contributed by atoms with E-state index in [0.717, 1.165) is 33.9 Å². The highest BCUT2D eigenvalue weighted by Crippen LogP contribution is 2.58. The zero-order chi connectivity index (χ0) is 37.1. The molecule has 0 atom stereocenters. The maximum Gasteiger partial charge on any atom is 0.160 e. The molecule has 11 rings (SSSR count). The molecule has 1 saturated carbocycles. The zero-order valence-electron chi connectivity index (χ0n) is 31.3. The Morgan fingerprint density at radius 2 is 0.929 bits per heavy atom. The summed E-state index contributed by atoms with van der Waals surface area (Å²) in [5.41, 5.74) is 15.9. The monoisotopic (exact) mass is 716 g/mol. The molecule has 266 valence electrons. The van der Waals surface area contributed by atoms with E-state index in [0.29, 0.717) is 0 Å². The minimum Gasteiger partial charge on any atom is -0.228 e. The molecule has 0 unspecified atom stereocenters. The van der Waals surface area contributed by atoms with Crippen molar-refractivity contribution in [2.24, 2.45) is 0 Å². The van der Waals surface area contributed by atoms with Crippen LogP contribution in [0.2, 0.25) is 0 Å². The second-order valence-corrected chi connectivity index (χ2v) is 15.7. The molecule has 8 aromatic carbocycles. The number of hydrogen-bond acceptors (Lipinski definition) is 2. The van der Waals surface area contributed by atoms with Crippen LogP contribution < -0.4 is 0 Å².